The van der Waals surface area contributed by atoms with E-state index in [1.807, 2.05) is 18.2 Å². The van der Waals surface area contributed by atoms with Crippen LogP contribution >= 0.6 is 0 Å². The van der Waals surface area contributed by atoms with Crippen LogP contribution in [0.5, 0.6) is 0 Å². The maximum Gasteiger partial charge on any atom is 0.136 e. The summed E-state index contributed by atoms with van der Waals surface area (Å²) in [6.45, 7) is 0. The van der Waals surface area contributed by atoms with Gasteiger partial charge in [0.15, 0.2) is 0 Å². The minimum absolute atomic E-state index is 0.0602. The van der Waals surface area contributed by atoms with Crippen LogP contribution in [-0.4, -0.2) is 18.3 Å². The van der Waals surface area contributed by atoms with Gasteiger partial charge in [0, 0.05) is 6.20 Å². The smallest absolute Gasteiger partial charge is 0.136 e. The SMILES string of the molecule is CON1C=CC=CC1NN. The first-order chi connectivity index (χ1) is 4.88. The lowest BCUT2D eigenvalue weighted by molar-refractivity contribution is -0.116. The number of nitrogens with two attached hydrogens (primary N) is 1. The van der Waals surface area contributed by atoms with Gasteiger partial charge in [-0.25, -0.2) is 10.5 Å². The molecule has 1 aliphatic rings. The number of nitrogens with zero attached hydrogens (tertiary/aromatic N) is 1. The standard InChI is InChI=1S/C6H11N3O/c1-10-9-5-3-2-4-6(9)8-7/h2-6,8H,7H2,1H3. The van der Waals surface area contributed by atoms with Crippen molar-refractivity contribution in [1.29, 1.82) is 0 Å². The second kappa shape index (κ2) is 3.36. The van der Waals surface area contributed by atoms with Crippen LogP contribution in [0.3, 0.4) is 0 Å². The summed E-state index contributed by atoms with van der Waals surface area (Å²) in [5.74, 6) is 5.21. The molecule has 0 radical (unpaired) electrons. The van der Waals surface area contributed by atoms with Crippen LogP contribution < -0.4 is 11.3 Å². The molecular weight excluding hydrogens is 130 g/mol. The third-order valence-corrected chi connectivity index (χ3v) is 1.29. The van der Waals surface area contributed by atoms with Crippen LogP contribution in [0.15, 0.2) is 24.4 Å². The van der Waals surface area contributed by atoms with Crippen molar-refractivity contribution in [2.75, 3.05) is 7.11 Å². The summed E-state index contributed by atoms with van der Waals surface area (Å²) < 4.78 is 0. The third kappa shape index (κ3) is 1.36. The number of allylic oxidation sites excluding steroid dienone is 2. The van der Waals surface area contributed by atoms with Gasteiger partial charge in [0.25, 0.3) is 0 Å². The first kappa shape index (κ1) is 7.27. The Bertz CT molecular complexity index is 137. The maximum atomic E-state index is 5.21. The number of rotatable bonds is 2. The van der Waals surface area contributed by atoms with Gasteiger partial charge in [-0.05, 0) is 12.2 Å². The molecule has 56 valence electrons. The van der Waals surface area contributed by atoms with E-state index in [0.717, 1.165) is 0 Å². The zero-order chi connectivity index (χ0) is 7.40. The highest BCUT2D eigenvalue weighted by Crippen LogP contribution is 2.03. The van der Waals surface area contributed by atoms with E-state index < -0.39 is 0 Å². The van der Waals surface area contributed by atoms with E-state index in [2.05, 4.69) is 5.43 Å². The third-order valence-electron chi connectivity index (χ3n) is 1.29. The maximum absolute atomic E-state index is 5.21. The number of hydroxylamine groups is 2. The van der Waals surface area contributed by atoms with Crippen molar-refractivity contribution in [2.45, 2.75) is 6.17 Å². The van der Waals surface area contributed by atoms with Crippen LogP contribution in [-0.2, 0) is 4.84 Å². The van der Waals surface area contributed by atoms with Gasteiger partial charge in [0.2, 0.25) is 0 Å². The molecular formula is C6H11N3O. The van der Waals surface area contributed by atoms with Gasteiger partial charge in [0.05, 0.1) is 7.11 Å². The van der Waals surface area contributed by atoms with Gasteiger partial charge >= 0.3 is 0 Å². The van der Waals surface area contributed by atoms with Crippen molar-refractivity contribution >= 4 is 0 Å². The average Bonchev–Trinajstić information content (AvgIpc) is 2.04. The van der Waals surface area contributed by atoms with Crippen molar-refractivity contribution in [1.82, 2.24) is 10.5 Å². The molecule has 0 aliphatic carbocycles. The Balaban J connectivity index is 2.55. The van der Waals surface area contributed by atoms with Crippen LogP contribution in [0.4, 0.5) is 0 Å². The average molecular weight is 141 g/mol. The highest BCUT2D eigenvalue weighted by molar-refractivity contribution is 5.10. The molecule has 0 saturated carbocycles. The number of hydrogen-bond donors (Lipinski definition) is 2. The van der Waals surface area contributed by atoms with Gasteiger partial charge in [-0.2, -0.15) is 0 Å². The second-order valence-electron chi connectivity index (χ2n) is 1.88. The van der Waals surface area contributed by atoms with Gasteiger partial charge in [-0.1, -0.05) is 6.08 Å². The lowest BCUT2D eigenvalue weighted by Crippen LogP contribution is -2.45. The second-order valence-corrected chi connectivity index (χ2v) is 1.88. The molecule has 0 spiro atoms. The van der Waals surface area contributed by atoms with Crippen molar-refractivity contribution < 1.29 is 4.84 Å². The van der Waals surface area contributed by atoms with Crippen molar-refractivity contribution in [3.05, 3.63) is 24.4 Å². The van der Waals surface area contributed by atoms with Crippen LogP contribution in [0.2, 0.25) is 0 Å². The minimum atomic E-state index is -0.0602. The largest absolute Gasteiger partial charge is 0.275 e. The zero-order valence-electron chi connectivity index (χ0n) is 5.82. The summed E-state index contributed by atoms with van der Waals surface area (Å²) in [6.07, 6.45) is 7.40. The molecule has 1 aliphatic heterocycles. The van der Waals surface area contributed by atoms with Crippen molar-refractivity contribution in [2.24, 2.45) is 5.84 Å². The molecule has 0 aromatic rings. The molecule has 1 unspecified atom stereocenters. The molecule has 10 heavy (non-hydrogen) atoms. The number of hydrazine groups is 1. The Hall–Kier alpha value is -0.840. The highest BCUT2D eigenvalue weighted by Gasteiger charge is 2.10. The van der Waals surface area contributed by atoms with E-state index in [0.29, 0.717) is 0 Å². The predicted molar refractivity (Wildman–Crippen MR) is 38.2 cm³/mol. The summed E-state index contributed by atoms with van der Waals surface area (Å²) in [4.78, 5) is 4.95. The summed E-state index contributed by atoms with van der Waals surface area (Å²) in [7, 11) is 1.59. The lowest BCUT2D eigenvalue weighted by atomic mass is 10.3. The van der Waals surface area contributed by atoms with Gasteiger partial charge in [-0.15, -0.1) is 0 Å². The molecule has 0 amide bonds. The number of nitrogens with one attached hydrogen (secondary N) is 1. The molecule has 1 heterocycles. The predicted octanol–water partition coefficient (Wildman–Crippen LogP) is -0.277. The molecule has 0 fully saturated rings. The van der Waals surface area contributed by atoms with Gasteiger partial charge in [-0.3, -0.25) is 10.7 Å². The topological polar surface area (TPSA) is 50.5 Å². The monoisotopic (exact) mass is 141 g/mol. The van der Waals surface area contributed by atoms with E-state index in [1.54, 1.807) is 18.4 Å². The molecule has 0 aromatic heterocycles. The van der Waals surface area contributed by atoms with E-state index in [4.69, 9.17) is 10.7 Å². The summed E-state index contributed by atoms with van der Waals surface area (Å²) in [5, 5.41) is 1.61. The fourth-order valence-electron chi connectivity index (χ4n) is 0.785. The molecule has 3 N–H and O–H groups in total. The Labute approximate surface area is 59.9 Å². The Kier molecular flexibility index (Phi) is 2.44. The fraction of sp³-hybridized carbons (Fsp3) is 0.333. The first-order valence-electron chi connectivity index (χ1n) is 3.02. The summed E-state index contributed by atoms with van der Waals surface area (Å²) >= 11 is 0. The van der Waals surface area contributed by atoms with Gasteiger partial charge < -0.3 is 0 Å². The first-order valence-corrected chi connectivity index (χ1v) is 3.02. The molecule has 0 saturated heterocycles. The summed E-state index contributed by atoms with van der Waals surface area (Å²) in [6, 6.07) is 0. The summed E-state index contributed by atoms with van der Waals surface area (Å²) in [5.41, 5.74) is 2.57. The van der Waals surface area contributed by atoms with Crippen molar-refractivity contribution in [3.8, 4) is 0 Å². The molecule has 1 rings (SSSR count). The minimum Gasteiger partial charge on any atom is -0.275 e. The van der Waals surface area contributed by atoms with E-state index in [1.165, 1.54) is 0 Å². The van der Waals surface area contributed by atoms with Gasteiger partial charge in [0.1, 0.15) is 6.17 Å². The molecule has 1 atom stereocenters. The molecule has 4 nitrogen and oxygen atoms in total. The number of hydrogen-bond acceptors (Lipinski definition) is 4. The molecule has 4 heteroatoms. The highest BCUT2D eigenvalue weighted by atomic mass is 16.7. The quantitative estimate of drug-likeness (QED) is 0.410. The molecule has 0 aromatic carbocycles. The van der Waals surface area contributed by atoms with E-state index in [9.17, 15) is 0 Å². The van der Waals surface area contributed by atoms with E-state index >= 15 is 0 Å². The normalized spacial score (nSPS) is 23.8. The zero-order valence-corrected chi connectivity index (χ0v) is 5.82. The van der Waals surface area contributed by atoms with Crippen LogP contribution in [0.25, 0.3) is 0 Å². The Morgan fingerprint density at radius 3 is 2.90 bits per heavy atom. The Morgan fingerprint density at radius 1 is 1.60 bits per heavy atom. The Morgan fingerprint density at radius 2 is 2.40 bits per heavy atom. The van der Waals surface area contributed by atoms with Crippen LogP contribution in [0, 0.1) is 0 Å². The fourth-order valence-corrected chi connectivity index (χ4v) is 0.785. The van der Waals surface area contributed by atoms with Crippen molar-refractivity contribution in [3.63, 3.8) is 0 Å². The molecule has 0 bridgehead atoms. The lowest BCUT2D eigenvalue weighted by Gasteiger charge is -2.26. The van der Waals surface area contributed by atoms with E-state index in [-0.39, 0.29) is 6.17 Å². The van der Waals surface area contributed by atoms with Crippen LogP contribution in [0.1, 0.15) is 0 Å².